The minimum Gasteiger partial charge on any atom is -0.355 e. The van der Waals surface area contributed by atoms with E-state index in [1.165, 1.54) is 58.4 Å². The van der Waals surface area contributed by atoms with Crippen LogP contribution in [-0.4, -0.2) is 74.7 Å². The lowest BCUT2D eigenvalue weighted by Gasteiger charge is -2.34. The van der Waals surface area contributed by atoms with Crippen LogP contribution < -0.4 is 10.6 Å². The largest absolute Gasteiger partial charge is 0.355 e. The number of nitrogens with zero attached hydrogens (tertiary/aromatic N) is 3. The van der Waals surface area contributed by atoms with Gasteiger partial charge < -0.3 is 15.5 Å². The number of nitrogens with one attached hydrogen (secondary N) is 2. The molecule has 24 heavy (non-hydrogen) atoms. The molecule has 2 aliphatic rings. The predicted octanol–water partition coefficient (Wildman–Crippen LogP) is 2.00. The Bertz CT molecular complexity index is 366. The second kappa shape index (κ2) is 10.2. The minimum atomic E-state index is 0.597. The van der Waals surface area contributed by atoms with Gasteiger partial charge in [0.25, 0.3) is 0 Å². The fourth-order valence-electron chi connectivity index (χ4n) is 3.98. The first-order chi connectivity index (χ1) is 11.6. The van der Waals surface area contributed by atoms with Crippen LogP contribution in [0.5, 0.6) is 0 Å². The topological polar surface area (TPSA) is 42.9 Å². The number of rotatable bonds is 6. The SMILES string of the molecule is CCN1CCN(CCNC(=NC)NC2CCC(C(C)C)CC2)CC1. The molecule has 0 amide bonds. The van der Waals surface area contributed by atoms with E-state index in [4.69, 9.17) is 0 Å². The van der Waals surface area contributed by atoms with E-state index in [0.717, 1.165) is 30.9 Å². The molecule has 0 spiro atoms. The predicted molar refractivity (Wildman–Crippen MR) is 104 cm³/mol. The summed E-state index contributed by atoms with van der Waals surface area (Å²) in [6.45, 7) is 15.1. The van der Waals surface area contributed by atoms with Gasteiger partial charge in [-0.25, -0.2) is 0 Å². The maximum absolute atomic E-state index is 4.41. The molecule has 0 bridgehead atoms. The highest BCUT2D eigenvalue weighted by atomic mass is 15.3. The van der Waals surface area contributed by atoms with E-state index in [1.807, 2.05) is 7.05 Å². The average molecular weight is 338 g/mol. The van der Waals surface area contributed by atoms with Crippen LogP contribution in [0.3, 0.4) is 0 Å². The molecule has 0 unspecified atom stereocenters. The Labute approximate surface area is 149 Å². The van der Waals surface area contributed by atoms with E-state index >= 15 is 0 Å². The molecule has 2 N–H and O–H groups in total. The molecule has 5 nitrogen and oxygen atoms in total. The molecule has 0 radical (unpaired) electrons. The van der Waals surface area contributed by atoms with Crippen LogP contribution in [-0.2, 0) is 0 Å². The zero-order valence-corrected chi connectivity index (χ0v) is 16.4. The number of hydrogen-bond acceptors (Lipinski definition) is 3. The van der Waals surface area contributed by atoms with Crippen molar-refractivity contribution in [2.45, 2.75) is 52.5 Å². The van der Waals surface area contributed by atoms with Gasteiger partial charge in [0.2, 0.25) is 0 Å². The molecule has 0 aromatic carbocycles. The number of guanidine groups is 1. The fraction of sp³-hybridized carbons (Fsp3) is 0.947. The number of likely N-dealkylation sites (N-methyl/N-ethyl adjacent to an activating group) is 1. The van der Waals surface area contributed by atoms with Crippen molar-refractivity contribution in [1.29, 1.82) is 0 Å². The van der Waals surface area contributed by atoms with Crippen LogP contribution in [0, 0.1) is 11.8 Å². The smallest absolute Gasteiger partial charge is 0.191 e. The minimum absolute atomic E-state index is 0.597. The maximum Gasteiger partial charge on any atom is 0.191 e. The molecular weight excluding hydrogens is 298 g/mol. The molecule has 5 heteroatoms. The first-order valence-corrected chi connectivity index (χ1v) is 10.0. The molecule has 1 saturated heterocycles. The molecule has 1 aliphatic carbocycles. The van der Waals surface area contributed by atoms with Crippen LogP contribution in [0.1, 0.15) is 46.5 Å². The summed E-state index contributed by atoms with van der Waals surface area (Å²) < 4.78 is 0. The average Bonchev–Trinajstić information content (AvgIpc) is 2.61. The summed E-state index contributed by atoms with van der Waals surface area (Å²) in [5, 5.41) is 7.14. The first-order valence-electron chi connectivity index (χ1n) is 10.0. The summed E-state index contributed by atoms with van der Waals surface area (Å²) >= 11 is 0. The van der Waals surface area contributed by atoms with Gasteiger partial charge >= 0.3 is 0 Å². The van der Waals surface area contributed by atoms with E-state index in [0.29, 0.717) is 6.04 Å². The monoisotopic (exact) mass is 337 g/mol. The van der Waals surface area contributed by atoms with Crippen molar-refractivity contribution in [2.75, 3.05) is 52.9 Å². The molecule has 1 heterocycles. The second-order valence-corrected chi connectivity index (χ2v) is 7.77. The summed E-state index contributed by atoms with van der Waals surface area (Å²) in [7, 11) is 1.88. The van der Waals surface area contributed by atoms with E-state index < -0.39 is 0 Å². The lowest BCUT2D eigenvalue weighted by atomic mass is 9.80. The van der Waals surface area contributed by atoms with Crippen molar-refractivity contribution in [3.63, 3.8) is 0 Å². The van der Waals surface area contributed by atoms with Gasteiger partial charge in [-0.15, -0.1) is 0 Å². The third-order valence-corrected chi connectivity index (χ3v) is 5.91. The first kappa shape index (κ1) is 19.5. The highest BCUT2D eigenvalue weighted by Gasteiger charge is 2.23. The van der Waals surface area contributed by atoms with Gasteiger partial charge in [-0.2, -0.15) is 0 Å². The molecule has 0 aromatic rings. The van der Waals surface area contributed by atoms with Crippen molar-refractivity contribution in [2.24, 2.45) is 16.8 Å². The Balaban J connectivity index is 1.61. The maximum atomic E-state index is 4.41. The van der Waals surface area contributed by atoms with Gasteiger partial charge in [-0.1, -0.05) is 20.8 Å². The second-order valence-electron chi connectivity index (χ2n) is 7.77. The molecule has 140 valence electrons. The van der Waals surface area contributed by atoms with Crippen LogP contribution >= 0.6 is 0 Å². The Kier molecular flexibility index (Phi) is 8.33. The van der Waals surface area contributed by atoms with Gasteiger partial charge in [-0.05, 0) is 44.1 Å². The van der Waals surface area contributed by atoms with Crippen molar-refractivity contribution >= 4 is 5.96 Å². The summed E-state index contributed by atoms with van der Waals surface area (Å²) in [6.07, 6.45) is 5.27. The molecule has 2 fully saturated rings. The van der Waals surface area contributed by atoms with Gasteiger partial charge in [0, 0.05) is 52.4 Å². The van der Waals surface area contributed by atoms with Crippen LogP contribution in [0.15, 0.2) is 4.99 Å². The third-order valence-electron chi connectivity index (χ3n) is 5.91. The van der Waals surface area contributed by atoms with Crippen molar-refractivity contribution in [3.8, 4) is 0 Å². The van der Waals surface area contributed by atoms with Crippen molar-refractivity contribution in [1.82, 2.24) is 20.4 Å². The Hall–Kier alpha value is -0.810. The highest BCUT2D eigenvalue weighted by Crippen LogP contribution is 2.29. The lowest BCUT2D eigenvalue weighted by molar-refractivity contribution is 0.139. The Morgan fingerprint density at radius 2 is 1.67 bits per heavy atom. The summed E-state index contributed by atoms with van der Waals surface area (Å²) in [6, 6.07) is 0.597. The Morgan fingerprint density at radius 3 is 2.21 bits per heavy atom. The third kappa shape index (κ3) is 6.25. The van der Waals surface area contributed by atoms with Crippen LogP contribution in [0.25, 0.3) is 0 Å². The molecule has 2 rings (SSSR count). The van der Waals surface area contributed by atoms with E-state index in [9.17, 15) is 0 Å². The Morgan fingerprint density at radius 1 is 1.04 bits per heavy atom. The highest BCUT2D eigenvalue weighted by molar-refractivity contribution is 5.79. The molecule has 0 atom stereocenters. The van der Waals surface area contributed by atoms with Gasteiger partial charge in [0.15, 0.2) is 5.96 Å². The van der Waals surface area contributed by atoms with Crippen molar-refractivity contribution in [3.05, 3.63) is 0 Å². The lowest BCUT2D eigenvalue weighted by Crippen LogP contribution is -2.50. The van der Waals surface area contributed by atoms with Gasteiger partial charge in [0.05, 0.1) is 0 Å². The van der Waals surface area contributed by atoms with Gasteiger partial charge in [0.1, 0.15) is 0 Å². The molecule has 1 saturated carbocycles. The summed E-state index contributed by atoms with van der Waals surface area (Å²) in [5.74, 6) is 2.73. The quantitative estimate of drug-likeness (QED) is 0.575. The van der Waals surface area contributed by atoms with Gasteiger partial charge in [-0.3, -0.25) is 9.89 Å². The zero-order chi connectivity index (χ0) is 17.4. The van der Waals surface area contributed by atoms with Crippen LogP contribution in [0.4, 0.5) is 0 Å². The number of piperazine rings is 1. The standard InChI is InChI=1S/C19H39N5/c1-5-23-12-14-24(15-13-23)11-10-21-19(20-4)22-18-8-6-17(7-9-18)16(2)3/h16-18H,5-15H2,1-4H3,(H2,20,21,22). The molecule has 0 aromatic heterocycles. The summed E-state index contributed by atoms with van der Waals surface area (Å²) in [4.78, 5) is 9.49. The molecular formula is C19H39N5. The number of hydrogen-bond donors (Lipinski definition) is 2. The van der Waals surface area contributed by atoms with Crippen LogP contribution in [0.2, 0.25) is 0 Å². The van der Waals surface area contributed by atoms with E-state index in [2.05, 4.69) is 46.2 Å². The summed E-state index contributed by atoms with van der Waals surface area (Å²) in [5.41, 5.74) is 0. The zero-order valence-electron chi connectivity index (χ0n) is 16.4. The van der Waals surface area contributed by atoms with Crippen molar-refractivity contribution < 1.29 is 0 Å². The number of aliphatic imine (C=N–C) groups is 1. The van der Waals surface area contributed by atoms with E-state index in [-0.39, 0.29) is 0 Å². The fourth-order valence-corrected chi connectivity index (χ4v) is 3.98. The van der Waals surface area contributed by atoms with E-state index in [1.54, 1.807) is 0 Å². The normalized spacial score (nSPS) is 27.5. The molecule has 1 aliphatic heterocycles.